The molecule has 6 heteroatoms. The summed E-state index contributed by atoms with van der Waals surface area (Å²) in [7, 11) is 0. The van der Waals surface area contributed by atoms with Crippen LogP contribution in [-0.4, -0.2) is 16.0 Å². The van der Waals surface area contributed by atoms with Crippen LogP contribution in [0, 0.1) is 6.92 Å². The number of hydrogen-bond acceptors (Lipinski definition) is 4. The van der Waals surface area contributed by atoms with Gasteiger partial charge in [0.15, 0.2) is 0 Å². The molecule has 3 aromatic rings. The zero-order chi connectivity index (χ0) is 17.6. The van der Waals surface area contributed by atoms with Gasteiger partial charge < -0.3 is 9.84 Å². The second-order valence-corrected chi connectivity index (χ2v) is 5.92. The van der Waals surface area contributed by atoms with E-state index in [1.807, 2.05) is 43.3 Å². The minimum absolute atomic E-state index is 0.169. The smallest absolute Gasteiger partial charge is 0.246 e. The zero-order valence-electron chi connectivity index (χ0n) is 13.6. The van der Waals surface area contributed by atoms with Gasteiger partial charge in [0.2, 0.25) is 17.6 Å². The second kappa shape index (κ2) is 7.77. The molecule has 1 aromatic heterocycles. The summed E-state index contributed by atoms with van der Waals surface area (Å²) in [5.41, 5.74) is 2.92. The topological polar surface area (TPSA) is 68.0 Å². The van der Waals surface area contributed by atoms with E-state index in [0.29, 0.717) is 16.7 Å². The van der Waals surface area contributed by atoms with Gasteiger partial charge in [-0.2, -0.15) is 4.98 Å². The Morgan fingerprint density at radius 2 is 1.88 bits per heavy atom. The molecule has 0 unspecified atom stereocenters. The molecule has 0 fully saturated rings. The van der Waals surface area contributed by atoms with Crippen LogP contribution in [-0.2, 0) is 11.3 Å². The Balaban J connectivity index is 1.55. The summed E-state index contributed by atoms with van der Waals surface area (Å²) in [6.07, 6.45) is 3.15. The van der Waals surface area contributed by atoms with Crippen molar-refractivity contribution in [3.63, 3.8) is 0 Å². The van der Waals surface area contributed by atoms with Gasteiger partial charge in [0.25, 0.3) is 0 Å². The van der Waals surface area contributed by atoms with E-state index in [2.05, 4.69) is 15.5 Å². The maximum absolute atomic E-state index is 11.9. The first-order valence-corrected chi connectivity index (χ1v) is 8.09. The third-order valence-electron chi connectivity index (χ3n) is 3.49. The van der Waals surface area contributed by atoms with Crippen LogP contribution in [0.5, 0.6) is 0 Å². The minimum Gasteiger partial charge on any atom is -0.343 e. The lowest BCUT2D eigenvalue weighted by atomic mass is 10.1. The Morgan fingerprint density at radius 3 is 2.60 bits per heavy atom. The largest absolute Gasteiger partial charge is 0.343 e. The number of carbonyl (C=O) groups excluding carboxylic acids is 1. The number of amides is 1. The van der Waals surface area contributed by atoms with E-state index >= 15 is 0 Å². The molecule has 0 aliphatic heterocycles. The van der Waals surface area contributed by atoms with Gasteiger partial charge >= 0.3 is 0 Å². The van der Waals surface area contributed by atoms with Crippen LogP contribution in [0.15, 0.2) is 59.1 Å². The number of nitrogens with zero attached hydrogens (tertiary/aromatic N) is 2. The van der Waals surface area contributed by atoms with Crippen LogP contribution in [0.25, 0.3) is 17.5 Å². The Morgan fingerprint density at radius 1 is 1.16 bits per heavy atom. The van der Waals surface area contributed by atoms with Crippen molar-refractivity contribution in [3.8, 4) is 11.4 Å². The SMILES string of the molecule is Cc1ccc(-c2noc(CNC(=O)/C=C/c3ccc(Cl)cc3)n2)cc1. The average Bonchev–Trinajstić information content (AvgIpc) is 3.09. The molecule has 0 atom stereocenters. The molecular formula is C19H16ClN3O2. The van der Waals surface area contributed by atoms with Crippen molar-refractivity contribution in [2.24, 2.45) is 0 Å². The molecule has 5 nitrogen and oxygen atoms in total. The first-order chi connectivity index (χ1) is 12.1. The molecule has 0 aliphatic rings. The van der Waals surface area contributed by atoms with Gasteiger partial charge in [0.1, 0.15) is 0 Å². The van der Waals surface area contributed by atoms with E-state index in [4.69, 9.17) is 16.1 Å². The lowest BCUT2D eigenvalue weighted by Crippen LogP contribution is -2.20. The van der Waals surface area contributed by atoms with Gasteiger partial charge in [0, 0.05) is 16.7 Å². The van der Waals surface area contributed by atoms with Gasteiger partial charge in [-0.15, -0.1) is 0 Å². The Kier molecular flexibility index (Phi) is 5.26. The predicted molar refractivity (Wildman–Crippen MR) is 96.8 cm³/mol. The maximum Gasteiger partial charge on any atom is 0.246 e. The zero-order valence-corrected chi connectivity index (χ0v) is 14.3. The fourth-order valence-corrected chi connectivity index (χ4v) is 2.24. The highest BCUT2D eigenvalue weighted by atomic mass is 35.5. The minimum atomic E-state index is -0.245. The number of aromatic nitrogens is 2. The first kappa shape index (κ1) is 16.9. The molecule has 1 amide bonds. The lowest BCUT2D eigenvalue weighted by molar-refractivity contribution is -0.116. The standard InChI is InChI=1S/C19H16ClN3O2/c1-13-2-7-15(8-3-13)19-22-18(25-23-19)12-21-17(24)11-6-14-4-9-16(20)10-5-14/h2-11H,12H2,1H3,(H,21,24)/b11-6+. The average molecular weight is 354 g/mol. The van der Waals surface area contributed by atoms with Crippen LogP contribution in [0.1, 0.15) is 17.0 Å². The van der Waals surface area contributed by atoms with Crippen molar-refractivity contribution < 1.29 is 9.32 Å². The molecule has 126 valence electrons. The predicted octanol–water partition coefficient (Wildman–Crippen LogP) is 4.03. The normalized spacial score (nSPS) is 11.0. The highest BCUT2D eigenvalue weighted by molar-refractivity contribution is 6.30. The number of halogens is 1. The van der Waals surface area contributed by atoms with Crippen molar-refractivity contribution in [2.45, 2.75) is 13.5 Å². The van der Waals surface area contributed by atoms with Crippen LogP contribution in [0.2, 0.25) is 5.02 Å². The molecule has 0 aliphatic carbocycles. The highest BCUT2D eigenvalue weighted by Gasteiger charge is 2.08. The number of aryl methyl sites for hydroxylation is 1. The van der Waals surface area contributed by atoms with Crippen LogP contribution in [0.3, 0.4) is 0 Å². The van der Waals surface area contributed by atoms with Crippen molar-refractivity contribution in [2.75, 3.05) is 0 Å². The van der Waals surface area contributed by atoms with Gasteiger partial charge in [-0.05, 0) is 30.7 Å². The van der Waals surface area contributed by atoms with Crippen molar-refractivity contribution in [1.29, 1.82) is 0 Å². The summed E-state index contributed by atoms with van der Waals surface area (Å²) in [4.78, 5) is 16.1. The summed E-state index contributed by atoms with van der Waals surface area (Å²) in [5.74, 6) is 0.606. The molecule has 0 saturated heterocycles. The number of carbonyl (C=O) groups is 1. The van der Waals surface area contributed by atoms with Crippen molar-refractivity contribution in [1.82, 2.24) is 15.5 Å². The summed E-state index contributed by atoms with van der Waals surface area (Å²) < 4.78 is 5.16. The van der Waals surface area contributed by atoms with E-state index in [9.17, 15) is 4.79 Å². The number of nitrogens with one attached hydrogen (secondary N) is 1. The van der Waals surface area contributed by atoms with Crippen molar-refractivity contribution >= 4 is 23.6 Å². The summed E-state index contributed by atoms with van der Waals surface area (Å²) in [5, 5.41) is 7.29. The maximum atomic E-state index is 11.9. The van der Waals surface area contributed by atoms with Crippen LogP contribution < -0.4 is 5.32 Å². The molecule has 1 N–H and O–H groups in total. The third-order valence-corrected chi connectivity index (χ3v) is 3.74. The quantitative estimate of drug-likeness (QED) is 0.703. The fourth-order valence-electron chi connectivity index (χ4n) is 2.11. The molecule has 3 rings (SSSR count). The number of rotatable bonds is 5. The molecule has 2 aromatic carbocycles. The van der Waals surface area contributed by atoms with Crippen LogP contribution >= 0.6 is 11.6 Å². The van der Waals surface area contributed by atoms with E-state index in [1.165, 1.54) is 6.08 Å². The molecule has 1 heterocycles. The Bertz CT molecular complexity index is 884. The van der Waals surface area contributed by atoms with E-state index in [-0.39, 0.29) is 12.5 Å². The van der Waals surface area contributed by atoms with Gasteiger partial charge in [0.05, 0.1) is 6.54 Å². The van der Waals surface area contributed by atoms with E-state index in [0.717, 1.165) is 16.7 Å². The van der Waals surface area contributed by atoms with Crippen LogP contribution in [0.4, 0.5) is 0 Å². The molecule has 0 saturated carbocycles. The molecule has 0 bridgehead atoms. The van der Waals surface area contributed by atoms with E-state index in [1.54, 1.807) is 18.2 Å². The highest BCUT2D eigenvalue weighted by Crippen LogP contribution is 2.16. The summed E-state index contributed by atoms with van der Waals surface area (Å²) in [6.45, 7) is 2.18. The Hall–Kier alpha value is -2.92. The summed E-state index contributed by atoms with van der Waals surface area (Å²) >= 11 is 5.82. The molecule has 25 heavy (non-hydrogen) atoms. The van der Waals surface area contributed by atoms with Crippen molar-refractivity contribution in [3.05, 3.63) is 76.6 Å². The monoisotopic (exact) mass is 353 g/mol. The Labute approximate surface area is 150 Å². The van der Waals surface area contributed by atoms with Gasteiger partial charge in [-0.25, -0.2) is 0 Å². The number of benzene rings is 2. The second-order valence-electron chi connectivity index (χ2n) is 5.48. The first-order valence-electron chi connectivity index (χ1n) is 7.71. The number of hydrogen-bond donors (Lipinski definition) is 1. The lowest BCUT2D eigenvalue weighted by Gasteiger charge is -1.97. The molecule has 0 radical (unpaired) electrons. The molecule has 0 spiro atoms. The van der Waals surface area contributed by atoms with Gasteiger partial charge in [-0.3, -0.25) is 4.79 Å². The third kappa shape index (κ3) is 4.78. The summed E-state index contributed by atoms with van der Waals surface area (Å²) in [6, 6.07) is 15.0. The van der Waals surface area contributed by atoms with E-state index < -0.39 is 0 Å². The van der Waals surface area contributed by atoms with Gasteiger partial charge in [-0.1, -0.05) is 58.7 Å². The molecular weight excluding hydrogens is 338 g/mol. The fraction of sp³-hybridized carbons (Fsp3) is 0.105.